The standard InChI is InChI=1S/C17H22N6O2S/c1-10(15-9-19-17(26-15)21-12(3)25)23-6-4-13-8-18-16(20-11(2)24)22-14(13)5-7-23/h8-10H,4-7H2,1-3H3,(H,19,21,25)(H,18,20,22,24). The van der Waals surface area contributed by atoms with Crippen LogP contribution in [0.3, 0.4) is 0 Å². The van der Waals surface area contributed by atoms with E-state index in [0.717, 1.165) is 42.1 Å². The van der Waals surface area contributed by atoms with E-state index in [-0.39, 0.29) is 17.9 Å². The molecule has 1 aliphatic heterocycles. The quantitative estimate of drug-likeness (QED) is 0.849. The fourth-order valence-corrected chi connectivity index (χ4v) is 3.91. The Balaban J connectivity index is 1.69. The average molecular weight is 374 g/mol. The third kappa shape index (κ3) is 4.41. The van der Waals surface area contributed by atoms with Crippen LogP contribution in [0.1, 0.15) is 42.9 Å². The molecule has 3 heterocycles. The van der Waals surface area contributed by atoms with Crippen molar-refractivity contribution in [1.82, 2.24) is 19.9 Å². The molecule has 0 aromatic carbocycles. The number of carbonyl (C=O) groups is 2. The summed E-state index contributed by atoms with van der Waals surface area (Å²) >= 11 is 1.50. The van der Waals surface area contributed by atoms with Crippen LogP contribution in [0.15, 0.2) is 12.4 Å². The van der Waals surface area contributed by atoms with Crippen molar-refractivity contribution in [2.45, 2.75) is 39.7 Å². The van der Waals surface area contributed by atoms with Crippen molar-refractivity contribution in [2.24, 2.45) is 0 Å². The highest BCUT2D eigenvalue weighted by molar-refractivity contribution is 7.15. The Morgan fingerprint density at radius 3 is 2.58 bits per heavy atom. The third-order valence-electron chi connectivity index (χ3n) is 4.31. The molecule has 138 valence electrons. The van der Waals surface area contributed by atoms with Crippen LogP contribution in [0.25, 0.3) is 0 Å². The predicted molar refractivity (Wildman–Crippen MR) is 100 cm³/mol. The lowest BCUT2D eigenvalue weighted by molar-refractivity contribution is -0.115. The van der Waals surface area contributed by atoms with Gasteiger partial charge in [-0.25, -0.2) is 15.0 Å². The van der Waals surface area contributed by atoms with Gasteiger partial charge in [-0.3, -0.25) is 19.8 Å². The molecular weight excluding hydrogens is 352 g/mol. The molecule has 1 atom stereocenters. The minimum absolute atomic E-state index is 0.114. The van der Waals surface area contributed by atoms with Crippen molar-refractivity contribution in [3.05, 3.63) is 28.5 Å². The van der Waals surface area contributed by atoms with Gasteiger partial charge in [0.2, 0.25) is 17.8 Å². The van der Waals surface area contributed by atoms with Crippen LogP contribution in [0.2, 0.25) is 0 Å². The van der Waals surface area contributed by atoms with Crippen molar-refractivity contribution >= 4 is 34.2 Å². The van der Waals surface area contributed by atoms with Crippen molar-refractivity contribution in [1.29, 1.82) is 0 Å². The number of anilines is 2. The van der Waals surface area contributed by atoms with Gasteiger partial charge >= 0.3 is 0 Å². The van der Waals surface area contributed by atoms with Gasteiger partial charge in [0.25, 0.3) is 0 Å². The average Bonchev–Trinajstić information content (AvgIpc) is 2.92. The second kappa shape index (κ2) is 7.88. The molecule has 9 heteroatoms. The molecule has 8 nitrogen and oxygen atoms in total. The molecule has 2 aromatic heterocycles. The minimum Gasteiger partial charge on any atom is -0.302 e. The minimum atomic E-state index is -0.172. The largest absolute Gasteiger partial charge is 0.302 e. The molecule has 2 N–H and O–H groups in total. The molecule has 0 bridgehead atoms. The van der Waals surface area contributed by atoms with Crippen molar-refractivity contribution in [2.75, 3.05) is 23.7 Å². The number of nitrogens with zero attached hydrogens (tertiary/aromatic N) is 4. The summed E-state index contributed by atoms with van der Waals surface area (Å²) in [5, 5.41) is 5.99. The highest BCUT2D eigenvalue weighted by atomic mass is 32.1. The van der Waals surface area contributed by atoms with Gasteiger partial charge in [-0.15, -0.1) is 11.3 Å². The second-order valence-electron chi connectivity index (χ2n) is 6.31. The summed E-state index contributed by atoms with van der Waals surface area (Å²) in [6.45, 7) is 6.83. The summed E-state index contributed by atoms with van der Waals surface area (Å²) < 4.78 is 0. The first-order valence-corrected chi connectivity index (χ1v) is 9.33. The van der Waals surface area contributed by atoms with Crippen molar-refractivity contribution in [3.8, 4) is 0 Å². The molecule has 0 fully saturated rings. The van der Waals surface area contributed by atoms with E-state index < -0.39 is 0 Å². The Morgan fingerprint density at radius 2 is 1.85 bits per heavy atom. The van der Waals surface area contributed by atoms with Gasteiger partial charge < -0.3 is 5.32 Å². The Labute approximate surface area is 156 Å². The Bertz CT molecular complexity index is 821. The first-order chi connectivity index (χ1) is 12.4. The van der Waals surface area contributed by atoms with Gasteiger partial charge in [-0.2, -0.15) is 0 Å². The first kappa shape index (κ1) is 18.4. The molecule has 0 spiro atoms. The number of hydrogen-bond acceptors (Lipinski definition) is 7. The maximum atomic E-state index is 11.2. The number of nitrogens with one attached hydrogen (secondary N) is 2. The Hall–Kier alpha value is -2.39. The Kier molecular flexibility index (Phi) is 5.58. The lowest BCUT2D eigenvalue weighted by Gasteiger charge is -2.26. The summed E-state index contributed by atoms with van der Waals surface area (Å²) in [5.74, 6) is 0.0754. The van der Waals surface area contributed by atoms with E-state index in [1.54, 1.807) is 0 Å². The molecular formula is C17H22N6O2S. The van der Waals surface area contributed by atoms with Crippen LogP contribution in [0.5, 0.6) is 0 Å². The van der Waals surface area contributed by atoms with E-state index in [1.807, 2.05) is 12.4 Å². The third-order valence-corrected chi connectivity index (χ3v) is 5.40. The number of hydrogen-bond donors (Lipinski definition) is 2. The summed E-state index contributed by atoms with van der Waals surface area (Å²) in [6.07, 6.45) is 5.29. The first-order valence-electron chi connectivity index (χ1n) is 8.52. The molecule has 0 radical (unpaired) electrons. The van der Waals surface area contributed by atoms with E-state index in [0.29, 0.717) is 11.1 Å². The zero-order chi connectivity index (χ0) is 18.7. The van der Waals surface area contributed by atoms with E-state index >= 15 is 0 Å². The van der Waals surface area contributed by atoms with E-state index in [2.05, 4.69) is 37.4 Å². The normalized spacial score (nSPS) is 15.7. The molecule has 26 heavy (non-hydrogen) atoms. The van der Waals surface area contributed by atoms with Crippen LogP contribution < -0.4 is 10.6 Å². The van der Waals surface area contributed by atoms with Crippen LogP contribution in [0.4, 0.5) is 11.1 Å². The number of amides is 2. The molecule has 1 aliphatic rings. The van der Waals surface area contributed by atoms with Crippen LogP contribution in [-0.2, 0) is 22.4 Å². The summed E-state index contributed by atoms with van der Waals surface area (Å²) in [4.78, 5) is 38.8. The lowest BCUT2D eigenvalue weighted by Crippen LogP contribution is -2.29. The van der Waals surface area contributed by atoms with Crippen LogP contribution in [0, 0.1) is 0 Å². The van der Waals surface area contributed by atoms with E-state index in [9.17, 15) is 9.59 Å². The summed E-state index contributed by atoms with van der Waals surface area (Å²) in [7, 11) is 0. The second-order valence-corrected chi connectivity index (χ2v) is 7.37. The smallest absolute Gasteiger partial charge is 0.229 e. The van der Waals surface area contributed by atoms with Crippen LogP contribution in [-0.4, -0.2) is 44.8 Å². The summed E-state index contributed by atoms with van der Waals surface area (Å²) in [5.41, 5.74) is 2.11. The SMILES string of the molecule is CC(=O)Nc1ncc2c(n1)CCN(C(C)c1cnc(NC(C)=O)s1)CC2. The van der Waals surface area contributed by atoms with Crippen LogP contribution >= 0.6 is 11.3 Å². The predicted octanol–water partition coefficient (Wildman–Crippen LogP) is 2.01. The van der Waals surface area contributed by atoms with Crippen molar-refractivity contribution in [3.63, 3.8) is 0 Å². The van der Waals surface area contributed by atoms with Gasteiger partial charge in [-0.05, 0) is 18.9 Å². The molecule has 0 saturated carbocycles. The molecule has 2 amide bonds. The Morgan fingerprint density at radius 1 is 1.12 bits per heavy atom. The zero-order valence-electron chi connectivity index (χ0n) is 15.1. The molecule has 2 aromatic rings. The highest BCUT2D eigenvalue weighted by Crippen LogP contribution is 2.30. The lowest BCUT2D eigenvalue weighted by atomic mass is 10.1. The van der Waals surface area contributed by atoms with Gasteiger partial charge in [-0.1, -0.05) is 0 Å². The molecule has 0 saturated heterocycles. The fourth-order valence-electron chi connectivity index (χ4n) is 2.97. The maximum Gasteiger partial charge on any atom is 0.229 e. The zero-order valence-corrected chi connectivity index (χ0v) is 15.9. The highest BCUT2D eigenvalue weighted by Gasteiger charge is 2.22. The molecule has 0 aliphatic carbocycles. The van der Waals surface area contributed by atoms with Gasteiger partial charge in [0.15, 0.2) is 5.13 Å². The number of thiazole rings is 1. The number of fused-ring (bicyclic) bond motifs is 1. The van der Waals surface area contributed by atoms with Gasteiger partial charge in [0, 0.05) is 56.7 Å². The van der Waals surface area contributed by atoms with E-state index in [4.69, 9.17) is 0 Å². The number of rotatable bonds is 4. The van der Waals surface area contributed by atoms with Crippen molar-refractivity contribution < 1.29 is 9.59 Å². The van der Waals surface area contributed by atoms with Gasteiger partial charge in [0.05, 0.1) is 5.69 Å². The summed E-state index contributed by atoms with van der Waals surface area (Å²) in [6, 6.07) is 0.201. The number of aromatic nitrogens is 3. The topological polar surface area (TPSA) is 100 Å². The van der Waals surface area contributed by atoms with Gasteiger partial charge in [0.1, 0.15) is 0 Å². The number of carbonyl (C=O) groups excluding carboxylic acids is 2. The molecule has 1 unspecified atom stereocenters. The molecule has 3 rings (SSSR count). The monoisotopic (exact) mass is 374 g/mol. The fraction of sp³-hybridized carbons (Fsp3) is 0.471. The van der Waals surface area contributed by atoms with E-state index in [1.165, 1.54) is 25.2 Å². The maximum absolute atomic E-state index is 11.2.